The molecule has 0 aromatic rings. The van der Waals surface area contributed by atoms with Gasteiger partial charge in [0.15, 0.2) is 5.78 Å². The summed E-state index contributed by atoms with van der Waals surface area (Å²) in [5.41, 5.74) is 0. The number of hydrogen-bond acceptors (Lipinski definition) is 4. The van der Waals surface area contributed by atoms with Crippen molar-refractivity contribution in [2.45, 2.75) is 46.0 Å². The highest BCUT2D eigenvalue weighted by atomic mass is 16.1. The Morgan fingerprint density at radius 2 is 1.65 bits per heavy atom. The van der Waals surface area contributed by atoms with Gasteiger partial charge < -0.3 is 15.1 Å². The zero-order valence-electron chi connectivity index (χ0n) is 15.4. The molecular weight excluding hydrogens is 286 g/mol. The summed E-state index contributed by atoms with van der Waals surface area (Å²) < 4.78 is 0. The Labute approximate surface area is 143 Å². The molecule has 0 aliphatic carbocycles. The monoisotopic (exact) mass is 323 g/mol. The Balaban J connectivity index is 0.000000816. The first-order chi connectivity index (χ1) is 11.2. The minimum absolute atomic E-state index is 0.172. The van der Waals surface area contributed by atoms with Gasteiger partial charge in [-0.3, -0.25) is 4.79 Å². The third-order valence-electron chi connectivity index (χ3n) is 4.67. The second kappa shape index (κ2) is 12.7. The lowest BCUT2D eigenvalue weighted by atomic mass is 9.93. The molecule has 0 radical (unpaired) electrons. The molecule has 4 heteroatoms. The number of carbonyl (C=O) groups excluding carboxylic acids is 1. The van der Waals surface area contributed by atoms with Crippen LogP contribution in [0.15, 0.2) is 12.7 Å². The molecule has 0 bridgehead atoms. The third kappa shape index (κ3) is 9.23. The molecule has 2 fully saturated rings. The summed E-state index contributed by atoms with van der Waals surface area (Å²) in [5.74, 6) is 1.06. The largest absolute Gasteiger partial charge is 0.314 e. The summed E-state index contributed by atoms with van der Waals surface area (Å²) in [5, 5.41) is 3.40. The highest BCUT2D eigenvalue weighted by Gasteiger charge is 2.20. The number of piperazine rings is 1. The number of allylic oxidation sites excluding steroid dienone is 1. The van der Waals surface area contributed by atoms with E-state index >= 15 is 0 Å². The zero-order valence-corrected chi connectivity index (χ0v) is 15.4. The van der Waals surface area contributed by atoms with Crippen molar-refractivity contribution < 1.29 is 4.79 Å². The molecule has 2 saturated heterocycles. The molecular formula is C19H37N3O. The van der Waals surface area contributed by atoms with Crippen LogP contribution >= 0.6 is 0 Å². The van der Waals surface area contributed by atoms with E-state index < -0.39 is 0 Å². The number of ketones is 1. The maximum atomic E-state index is 11.2. The summed E-state index contributed by atoms with van der Waals surface area (Å²) in [6.45, 7) is 17.0. The van der Waals surface area contributed by atoms with E-state index in [0.29, 0.717) is 6.42 Å². The average molecular weight is 324 g/mol. The number of nitrogens with zero attached hydrogens (tertiary/aromatic N) is 2. The van der Waals surface area contributed by atoms with Gasteiger partial charge >= 0.3 is 0 Å². The van der Waals surface area contributed by atoms with Gasteiger partial charge in [-0.05, 0) is 50.9 Å². The predicted octanol–water partition coefficient (Wildman–Crippen LogP) is 2.56. The highest BCUT2D eigenvalue weighted by molar-refractivity contribution is 5.89. The molecule has 0 aromatic heterocycles. The Bertz CT molecular complexity index is 319. The van der Waals surface area contributed by atoms with Gasteiger partial charge in [0.1, 0.15) is 0 Å². The molecule has 2 aliphatic heterocycles. The van der Waals surface area contributed by atoms with Gasteiger partial charge in [-0.2, -0.15) is 0 Å². The van der Waals surface area contributed by atoms with Crippen molar-refractivity contribution in [2.24, 2.45) is 5.92 Å². The van der Waals surface area contributed by atoms with Crippen molar-refractivity contribution in [3.8, 4) is 0 Å². The normalized spacial score (nSPS) is 20.6. The number of piperidine rings is 1. The Kier molecular flexibility index (Phi) is 11.2. The predicted molar refractivity (Wildman–Crippen MR) is 98.9 cm³/mol. The smallest absolute Gasteiger partial charge is 0.156 e. The van der Waals surface area contributed by atoms with Crippen LogP contribution in [0.1, 0.15) is 46.0 Å². The lowest BCUT2D eigenvalue weighted by Gasteiger charge is -2.34. The van der Waals surface area contributed by atoms with Crippen LogP contribution in [0.25, 0.3) is 0 Å². The second-order valence-corrected chi connectivity index (χ2v) is 6.79. The van der Waals surface area contributed by atoms with E-state index in [-0.39, 0.29) is 5.78 Å². The molecule has 0 unspecified atom stereocenters. The molecule has 0 aromatic carbocycles. The SMILES string of the molecule is C=CC(=O)CCN1CCC(CCN2CCNCC2)CC1.CCC. The van der Waals surface area contributed by atoms with Crippen LogP contribution in [-0.2, 0) is 4.79 Å². The van der Waals surface area contributed by atoms with Gasteiger partial charge in [0.25, 0.3) is 0 Å². The minimum atomic E-state index is 0.172. The van der Waals surface area contributed by atoms with Crippen LogP contribution in [0.2, 0.25) is 0 Å². The topological polar surface area (TPSA) is 35.6 Å². The number of rotatable bonds is 7. The fraction of sp³-hybridized carbons (Fsp3) is 0.842. The lowest BCUT2D eigenvalue weighted by Crippen LogP contribution is -2.44. The average Bonchev–Trinajstić information content (AvgIpc) is 2.60. The van der Waals surface area contributed by atoms with Crippen LogP contribution < -0.4 is 5.32 Å². The van der Waals surface area contributed by atoms with E-state index in [4.69, 9.17) is 0 Å². The van der Waals surface area contributed by atoms with E-state index in [9.17, 15) is 4.79 Å². The summed E-state index contributed by atoms with van der Waals surface area (Å²) in [6.07, 6.45) is 7.28. The third-order valence-corrected chi connectivity index (χ3v) is 4.67. The lowest BCUT2D eigenvalue weighted by molar-refractivity contribution is -0.115. The fourth-order valence-corrected chi connectivity index (χ4v) is 3.17. The standard InChI is InChI=1S/C16H29N3O.C3H8/c1-2-16(20)6-12-18-9-3-15(4-10-18)5-11-19-13-7-17-8-14-19;1-3-2/h2,15,17H,1,3-14H2;3H2,1-2H3. The molecule has 2 aliphatic rings. The molecule has 1 N–H and O–H groups in total. The van der Waals surface area contributed by atoms with Gasteiger partial charge in [0.05, 0.1) is 0 Å². The molecule has 0 amide bonds. The maximum absolute atomic E-state index is 11.2. The first-order valence-electron chi connectivity index (χ1n) is 9.50. The van der Waals surface area contributed by atoms with E-state index in [1.165, 1.54) is 51.4 Å². The van der Waals surface area contributed by atoms with Crippen molar-refractivity contribution in [1.29, 1.82) is 0 Å². The summed E-state index contributed by atoms with van der Waals surface area (Å²) in [4.78, 5) is 16.3. The van der Waals surface area contributed by atoms with Gasteiger partial charge in [0.2, 0.25) is 0 Å². The quantitative estimate of drug-likeness (QED) is 0.731. The first kappa shape index (κ1) is 20.3. The highest BCUT2D eigenvalue weighted by Crippen LogP contribution is 2.21. The molecule has 0 atom stereocenters. The molecule has 2 rings (SSSR count). The van der Waals surface area contributed by atoms with E-state index in [1.807, 2.05) is 0 Å². The van der Waals surface area contributed by atoms with E-state index in [0.717, 1.165) is 38.6 Å². The molecule has 0 saturated carbocycles. The van der Waals surface area contributed by atoms with Crippen LogP contribution in [0.5, 0.6) is 0 Å². The Morgan fingerprint density at radius 1 is 1.09 bits per heavy atom. The Hall–Kier alpha value is -0.710. The summed E-state index contributed by atoms with van der Waals surface area (Å²) >= 11 is 0. The Morgan fingerprint density at radius 3 is 2.22 bits per heavy atom. The van der Waals surface area contributed by atoms with Crippen molar-refractivity contribution in [3.05, 3.63) is 12.7 Å². The number of hydrogen-bond donors (Lipinski definition) is 1. The molecule has 2 heterocycles. The van der Waals surface area contributed by atoms with Crippen LogP contribution in [-0.4, -0.2) is 67.9 Å². The van der Waals surface area contributed by atoms with Crippen molar-refractivity contribution >= 4 is 5.78 Å². The van der Waals surface area contributed by atoms with Crippen LogP contribution in [0.4, 0.5) is 0 Å². The van der Waals surface area contributed by atoms with Crippen molar-refractivity contribution in [1.82, 2.24) is 15.1 Å². The van der Waals surface area contributed by atoms with Crippen LogP contribution in [0.3, 0.4) is 0 Å². The summed E-state index contributed by atoms with van der Waals surface area (Å²) in [7, 11) is 0. The summed E-state index contributed by atoms with van der Waals surface area (Å²) in [6, 6.07) is 0. The van der Waals surface area contributed by atoms with Crippen molar-refractivity contribution in [3.63, 3.8) is 0 Å². The molecule has 134 valence electrons. The number of likely N-dealkylation sites (tertiary alicyclic amines) is 1. The van der Waals surface area contributed by atoms with Gasteiger partial charge in [0, 0.05) is 39.1 Å². The van der Waals surface area contributed by atoms with E-state index in [2.05, 4.69) is 35.5 Å². The molecule has 4 nitrogen and oxygen atoms in total. The van der Waals surface area contributed by atoms with E-state index in [1.54, 1.807) is 0 Å². The number of nitrogens with one attached hydrogen (secondary N) is 1. The van der Waals surface area contributed by atoms with Gasteiger partial charge in [-0.1, -0.05) is 26.8 Å². The maximum Gasteiger partial charge on any atom is 0.156 e. The second-order valence-electron chi connectivity index (χ2n) is 6.79. The minimum Gasteiger partial charge on any atom is -0.314 e. The zero-order chi connectivity index (χ0) is 16.9. The van der Waals surface area contributed by atoms with Gasteiger partial charge in [-0.15, -0.1) is 0 Å². The molecule has 0 spiro atoms. The molecule has 23 heavy (non-hydrogen) atoms. The van der Waals surface area contributed by atoms with Crippen LogP contribution in [0, 0.1) is 5.92 Å². The first-order valence-corrected chi connectivity index (χ1v) is 9.50. The number of carbonyl (C=O) groups is 1. The fourth-order valence-electron chi connectivity index (χ4n) is 3.17. The van der Waals surface area contributed by atoms with Crippen molar-refractivity contribution in [2.75, 3.05) is 52.4 Å². The van der Waals surface area contributed by atoms with Gasteiger partial charge in [-0.25, -0.2) is 0 Å².